The zero-order valence-electron chi connectivity index (χ0n) is 8.18. The maximum absolute atomic E-state index is 10.6. The quantitative estimate of drug-likeness (QED) is 0.440. The van der Waals surface area contributed by atoms with E-state index in [1.54, 1.807) is 10.9 Å². The van der Waals surface area contributed by atoms with Crippen molar-refractivity contribution in [3.63, 3.8) is 0 Å². The molecule has 6 heteroatoms. The van der Waals surface area contributed by atoms with Crippen molar-refractivity contribution in [2.45, 2.75) is 36.6 Å². The van der Waals surface area contributed by atoms with Gasteiger partial charge in [-0.3, -0.25) is 8.89 Å². The Kier molecular flexibility index (Phi) is 4.79. The molecule has 0 aliphatic heterocycles. The van der Waals surface area contributed by atoms with Crippen LogP contribution in [0.3, 0.4) is 0 Å². The van der Waals surface area contributed by atoms with Crippen molar-refractivity contribution in [3.05, 3.63) is 12.4 Å². The first-order chi connectivity index (χ1) is 6.27. The average Bonchev–Trinajstić information content (AvgIpc) is 2.75. The molecule has 1 aromatic rings. The third-order valence-corrected chi connectivity index (χ3v) is 3.06. The standard InChI is InChI=1S/C8H12N2O2S.Na/c11-13(12)8-5-9-10(6-8)7-3-1-2-4-7;/h5-7H,1-4H2,(H,11,12);/q;+1/p-1. The molecular formula is C8H11N2NaO2S. The zero-order valence-corrected chi connectivity index (χ0v) is 11.0. The Labute approximate surface area is 108 Å². The van der Waals surface area contributed by atoms with Gasteiger partial charge in [0, 0.05) is 6.20 Å². The molecule has 1 heterocycles. The molecule has 1 aliphatic rings. The molecule has 1 aromatic heterocycles. The third kappa shape index (κ3) is 2.67. The molecule has 0 radical (unpaired) electrons. The number of nitrogens with zero attached hydrogens (tertiary/aromatic N) is 2. The number of hydrogen-bond acceptors (Lipinski definition) is 3. The summed E-state index contributed by atoms with van der Waals surface area (Å²) in [7, 11) is 0. The van der Waals surface area contributed by atoms with E-state index in [9.17, 15) is 8.76 Å². The van der Waals surface area contributed by atoms with Crippen LogP contribution in [0.1, 0.15) is 31.7 Å². The van der Waals surface area contributed by atoms with Gasteiger partial charge in [-0.05, 0) is 23.9 Å². The monoisotopic (exact) mass is 222 g/mol. The first kappa shape index (κ1) is 12.4. The van der Waals surface area contributed by atoms with Crippen LogP contribution in [-0.4, -0.2) is 18.5 Å². The maximum atomic E-state index is 10.6. The van der Waals surface area contributed by atoms with E-state index >= 15 is 0 Å². The van der Waals surface area contributed by atoms with Crippen LogP contribution in [0.5, 0.6) is 0 Å². The molecule has 14 heavy (non-hydrogen) atoms. The Hall–Kier alpha value is 0.320. The van der Waals surface area contributed by atoms with E-state index in [4.69, 9.17) is 0 Å². The van der Waals surface area contributed by atoms with E-state index in [0.29, 0.717) is 6.04 Å². The van der Waals surface area contributed by atoms with Gasteiger partial charge in [-0.25, -0.2) is 0 Å². The molecule has 4 nitrogen and oxygen atoms in total. The predicted molar refractivity (Wildman–Crippen MR) is 46.9 cm³/mol. The van der Waals surface area contributed by atoms with Crippen LogP contribution in [-0.2, 0) is 11.1 Å². The molecule has 0 spiro atoms. The van der Waals surface area contributed by atoms with E-state index in [-0.39, 0.29) is 34.5 Å². The molecule has 1 unspecified atom stereocenters. The fourth-order valence-corrected chi connectivity index (χ4v) is 2.10. The summed E-state index contributed by atoms with van der Waals surface area (Å²) in [4.78, 5) is 0.284. The van der Waals surface area contributed by atoms with Gasteiger partial charge in [-0.15, -0.1) is 0 Å². The molecule has 0 N–H and O–H groups in total. The van der Waals surface area contributed by atoms with Gasteiger partial charge < -0.3 is 4.55 Å². The third-order valence-electron chi connectivity index (χ3n) is 2.47. The fourth-order valence-electron chi connectivity index (χ4n) is 1.78. The molecule has 1 aliphatic carbocycles. The Morgan fingerprint density at radius 1 is 1.50 bits per heavy atom. The van der Waals surface area contributed by atoms with Crippen LogP contribution in [0.4, 0.5) is 0 Å². The molecule has 72 valence electrons. The van der Waals surface area contributed by atoms with E-state index < -0.39 is 11.1 Å². The topological polar surface area (TPSA) is 57.9 Å². The Bertz CT molecular complexity index is 323. The predicted octanol–water partition coefficient (Wildman–Crippen LogP) is -1.76. The van der Waals surface area contributed by atoms with Crippen molar-refractivity contribution in [1.29, 1.82) is 0 Å². The molecule has 0 amide bonds. The van der Waals surface area contributed by atoms with Crippen molar-refractivity contribution in [2.24, 2.45) is 0 Å². The SMILES string of the molecule is O=S([O-])c1cnn(C2CCCC2)c1.[Na+]. The van der Waals surface area contributed by atoms with Gasteiger partial charge in [-0.2, -0.15) is 5.10 Å². The minimum Gasteiger partial charge on any atom is -0.768 e. The molecule has 1 atom stereocenters. The minimum atomic E-state index is -2.14. The maximum Gasteiger partial charge on any atom is 1.00 e. The van der Waals surface area contributed by atoms with Crippen molar-refractivity contribution in [1.82, 2.24) is 9.78 Å². The minimum absolute atomic E-state index is 0. The van der Waals surface area contributed by atoms with Crippen LogP contribution >= 0.6 is 0 Å². The van der Waals surface area contributed by atoms with Gasteiger partial charge in [0.05, 0.1) is 17.1 Å². The second-order valence-corrected chi connectivity index (χ2v) is 4.27. The van der Waals surface area contributed by atoms with Gasteiger partial charge in [-0.1, -0.05) is 12.8 Å². The summed E-state index contributed by atoms with van der Waals surface area (Å²) >= 11 is -2.14. The van der Waals surface area contributed by atoms with E-state index in [1.807, 2.05) is 0 Å². The van der Waals surface area contributed by atoms with Crippen molar-refractivity contribution >= 4 is 11.1 Å². The number of hydrogen-bond donors (Lipinski definition) is 0. The van der Waals surface area contributed by atoms with Crippen LogP contribution in [0, 0.1) is 0 Å². The Morgan fingerprint density at radius 3 is 2.64 bits per heavy atom. The van der Waals surface area contributed by atoms with Crippen LogP contribution in [0.2, 0.25) is 0 Å². The summed E-state index contributed by atoms with van der Waals surface area (Å²) in [6.07, 6.45) is 7.69. The van der Waals surface area contributed by atoms with Gasteiger partial charge in [0.25, 0.3) is 0 Å². The Morgan fingerprint density at radius 2 is 2.14 bits per heavy atom. The van der Waals surface area contributed by atoms with Gasteiger partial charge >= 0.3 is 29.6 Å². The summed E-state index contributed by atoms with van der Waals surface area (Å²) in [6, 6.07) is 0.414. The van der Waals surface area contributed by atoms with Crippen LogP contribution in [0.15, 0.2) is 17.3 Å². The van der Waals surface area contributed by atoms with Gasteiger partial charge in [0.15, 0.2) is 0 Å². The van der Waals surface area contributed by atoms with Crippen molar-refractivity contribution < 1.29 is 38.3 Å². The van der Waals surface area contributed by atoms with Crippen molar-refractivity contribution in [3.8, 4) is 0 Å². The largest absolute Gasteiger partial charge is 1.00 e. The summed E-state index contributed by atoms with van der Waals surface area (Å²) in [5.74, 6) is 0. The molecular weight excluding hydrogens is 211 g/mol. The average molecular weight is 222 g/mol. The second-order valence-electron chi connectivity index (χ2n) is 3.33. The first-order valence-corrected chi connectivity index (χ1v) is 5.48. The number of aromatic nitrogens is 2. The normalized spacial score (nSPS) is 19.2. The number of rotatable bonds is 2. The molecule has 1 fully saturated rings. The fraction of sp³-hybridized carbons (Fsp3) is 0.625. The molecule has 2 rings (SSSR count). The second kappa shape index (κ2) is 5.42. The summed E-state index contributed by atoms with van der Waals surface area (Å²) < 4.78 is 22.9. The van der Waals surface area contributed by atoms with Gasteiger partial charge in [0.2, 0.25) is 0 Å². The molecule has 0 aromatic carbocycles. The van der Waals surface area contributed by atoms with E-state index in [2.05, 4.69) is 5.10 Å². The summed E-state index contributed by atoms with van der Waals surface area (Å²) in [6.45, 7) is 0. The van der Waals surface area contributed by atoms with Crippen LogP contribution in [0.25, 0.3) is 0 Å². The van der Waals surface area contributed by atoms with E-state index in [0.717, 1.165) is 12.8 Å². The zero-order chi connectivity index (χ0) is 9.26. The first-order valence-electron chi connectivity index (χ1n) is 4.41. The smallest absolute Gasteiger partial charge is 0.768 e. The van der Waals surface area contributed by atoms with Gasteiger partial charge in [0.1, 0.15) is 0 Å². The van der Waals surface area contributed by atoms with Crippen LogP contribution < -0.4 is 29.6 Å². The van der Waals surface area contributed by atoms with Crippen molar-refractivity contribution in [2.75, 3.05) is 0 Å². The van der Waals surface area contributed by atoms with E-state index in [1.165, 1.54) is 19.0 Å². The Balaban J connectivity index is 0.000000980. The molecule has 0 saturated heterocycles. The molecule has 0 bridgehead atoms. The summed E-state index contributed by atoms with van der Waals surface area (Å²) in [5, 5.41) is 4.04. The molecule has 1 saturated carbocycles. The summed E-state index contributed by atoms with van der Waals surface area (Å²) in [5.41, 5.74) is 0.